The largest absolute Gasteiger partial charge is 0.507 e. The molecule has 5 nitrogen and oxygen atoms in total. The molecule has 0 bridgehead atoms. The lowest BCUT2D eigenvalue weighted by Gasteiger charge is -2.10. The average Bonchev–Trinajstić information content (AvgIpc) is 2.58. The van der Waals surface area contributed by atoms with E-state index in [1.54, 1.807) is 6.07 Å². The molecule has 0 atom stereocenters. The highest BCUT2D eigenvalue weighted by Gasteiger charge is 2.10. The summed E-state index contributed by atoms with van der Waals surface area (Å²) in [6.45, 7) is 4.19. The zero-order chi connectivity index (χ0) is 18.5. The first kappa shape index (κ1) is 21.0. The minimum absolute atomic E-state index is 0.173. The number of phenols is 1. The standard InChI is InChI=1S/C20H33N3O2/c1-3-4-5-6-7-8-9-10-11-12-18(22-23-20(21)25)17-15-16(2)13-14-19(17)24/h13-15,24H,3-12H2,1-2H3,(H3,21,23,25)/b22-18+. The van der Waals surface area contributed by atoms with Gasteiger partial charge in [-0.05, 0) is 31.9 Å². The molecule has 0 saturated carbocycles. The summed E-state index contributed by atoms with van der Waals surface area (Å²) in [5, 5.41) is 14.2. The number of rotatable bonds is 12. The van der Waals surface area contributed by atoms with Crippen LogP contribution in [0.2, 0.25) is 0 Å². The molecule has 0 fully saturated rings. The van der Waals surface area contributed by atoms with E-state index in [-0.39, 0.29) is 5.75 Å². The normalized spacial score (nSPS) is 11.5. The molecular formula is C20H33N3O2. The lowest BCUT2D eigenvalue weighted by molar-refractivity contribution is 0.249. The molecule has 0 aliphatic rings. The van der Waals surface area contributed by atoms with Crippen LogP contribution < -0.4 is 11.2 Å². The van der Waals surface area contributed by atoms with Crippen LogP contribution in [0, 0.1) is 6.92 Å². The van der Waals surface area contributed by atoms with Crippen LogP contribution in [0.1, 0.15) is 82.3 Å². The van der Waals surface area contributed by atoms with Crippen molar-refractivity contribution in [1.29, 1.82) is 0 Å². The second-order valence-electron chi connectivity index (χ2n) is 6.63. The van der Waals surface area contributed by atoms with Gasteiger partial charge in [0.05, 0.1) is 5.71 Å². The van der Waals surface area contributed by atoms with Crippen molar-refractivity contribution < 1.29 is 9.90 Å². The Morgan fingerprint density at radius 1 is 1.08 bits per heavy atom. The van der Waals surface area contributed by atoms with E-state index in [2.05, 4.69) is 17.5 Å². The van der Waals surface area contributed by atoms with Gasteiger partial charge in [-0.15, -0.1) is 0 Å². The fraction of sp³-hybridized carbons (Fsp3) is 0.600. The molecule has 1 aromatic rings. The Bertz CT molecular complexity index is 556. The Balaban J connectivity index is 2.46. The molecule has 0 saturated heterocycles. The number of urea groups is 1. The van der Waals surface area contributed by atoms with Crippen LogP contribution in [-0.2, 0) is 0 Å². The number of nitrogens with zero attached hydrogens (tertiary/aromatic N) is 1. The number of hydrogen-bond acceptors (Lipinski definition) is 3. The number of primary amides is 1. The Labute approximate surface area is 151 Å². The van der Waals surface area contributed by atoms with Crippen molar-refractivity contribution in [3.8, 4) is 5.75 Å². The van der Waals surface area contributed by atoms with E-state index in [0.717, 1.165) is 18.4 Å². The highest BCUT2D eigenvalue weighted by Crippen LogP contribution is 2.22. The molecule has 5 heteroatoms. The van der Waals surface area contributed by atoms with Gasteiger partial charge in [-0.1, -0.05) is 69.9 Å². The van der Waals surface area contributed by atoms with Gasteiger partial charge in [-0.25, -0.2) is 10.2 Å². The lowest BCUT2D eigenvalue weighted by Crippen LogP contribution is -2.26. The predicted molar refractivity (Wildman–Crippen MR) is 104 cm³/mol. The van der Waals surface area contributed by atoms with Crippen molar-refractivity contribution in [3.05, 3.63) is 29.3 Å². The topological polar surface area (TPSA) is 87.7 Å². The van der Waals surface area contributed by atoms with Gasteiger partial charge in [0.25, 0.3) is 0 Å². The van der Waals surface area contributed by atoms with Crippen molar-refractivity contribution in [2.24, 2.45) is 10.8 Å². The quantitative estimate of drug-likeness (QED) is 0.282. The summed E-state index contributed by atoms with van der Waals surface area (Å²) in [5.41, 5.74) is 9.76. The van der Waals surface area contributed by atoms with Gasteiger partial charge in [0, 0.05) is 5.56 Å². The highest BCUT2D eigenvalue weighted by atomic mass is 16.3. The van der Waals surface area contributed by atoms with E-state index in [1.807, 2.05) is 19.1 Å². The average molecular weight is 348 g/mol. The number of aryl methyl sites for hydroxylation is 1. The van der Waals surface area contributed by atoms with Crippen molar-refractivity contribution in [1.82, 2.24) is 5.43 Å². The predicted octanol–water partition coefficient (Wildman–Crippen LogP) is 4.99. The summed E-state index contributed by atoms with van der Waals surface area (Å²) < 4.78 is 0. The Morgan fingerprint density at radius 2 is 1.68 bits per heavy atom. The fourth-order valence-corrected chi connectivity index (χ4v) is 2.86. The number of amides is 2. The van der Waals surface area contributed by atoms with Crippen molar-refractivity contribution in [3.63, 3.8) is 0 Å². The Morgan fingerprint density at radius 3 is 2.28 bits per heavy atom. The van der Waals surface area contributed by atoms with Gasteiger partial charge < -0.3 is 10.8 Å². The summed E-state index contributed by atoms with van der Waals surface area (Å²) in [4.78, 5) is 11.0. The smallest absolute Gasteiger partial charge is 0.332 e. The van der Waals surface area contributed by atoms with Crippen LogP contribution in [0.15, 0.2) is 23.3 Å². The monoisotopic (exact) mass is 347 g/mol. The van der Waals surface area contributed by atoms with Crippen LogP contribution in [0.5, 0.6) is 5.75 Å². The maximum Gasteiger partial charge on any atom is 0.332 e. The number of aromatic hydroxyl groups is 1. The summed E-state index contributed by atoms with van der Waals surface area (Å²) in [7, 11) is 0. The summed E-state index contributed by atoms with van der Waals surface area (Å²) in [5.74, 6) is 0.173. The maximum atomic E-state index is 11.0. The first-order valence-electron chi connectivity index (χ1n) is 9.46. The number of hydrogen-bond donors (Lipinski definition) is 3. The van der Waals surface area contributed by atoms with Gasteiger partial charge in [0.1, 0.15) is 5.75 Å². The minimum atomic E-state index is -0.697. The first-order chi connectivity index (χ1) is 12.0. The molecule has 1 rings (SSSR count). The van der Waals surface area contributed by atoms with Crippen molar-refractivity contribution >= 4 is 11.7 Å². The second-order valence-corrected chi connectivity index (χ2v) is 6.63. The summed E-state index contributed by atoms with van der Waals surface area (Å²) in [6, 6.07) is 4.68. The van der Waals surface area contributed by atoms with Crippen LogP contribution in [-0.4, -0.2) is 16.8 Å². The highest BCUT2D eigenvalue weighted by molar-refractivity contribution is 6.03. The molecular weight excluding hydrogens is 314 g/mol. The molecule has 25 heavy (non-hydrogen) atoms. The number of nitrogens with two attached hydrogens (primary N) is 1. The molecule has 0 aromatic heterocycles. The van der Waals surface area contributed by atoms with Crippen LogP contribution in [0.25, 0.3) is 0 Å². The van der Waals surface area contributed by atoms with Gasteiger partial charge in [-0.2, -0.15) is 5.10 Å². The van der Waals surface area contributed by atoms with E-state index in [4.69, 9.17) is 5.73 Å². The number of benzene rings is 1. The van der Waals surface area contributed by atoms with E-state index < -0.39 is 6.03 Å². The zero-order valence-electron chi connectivity index (χ0n) is 15.7. The van der Waals surface area contributed by atoms with Gasteiger partial charge in [0.2, 0.25) is 0 Å². The minimum Gasteiger partial charge on any atom is -0.507 e. The molecule has 0 radical (unpaired) electrons. The number of nitrogens with one attached hydrogen (secondary N) is 1. The second kappa shape index (κ2) is 12.3. The molecule has 0 unspecified atom stereocenters. The maximum absolute atomic E-state index is 11.0. The molecule has 2 amide bonds. The van der Waals surface area contributed by atoms with Crippen LogP contribution in [0.3, 0.4) is 0 Å². The van der Waals surface area contributed by atoms with Gasteiger partial charge >= 0.3 is 6.03 Å². The van der Waals surface area contributed by atoms with E-state index >= 15 is 0 Å². The van der Waals surface area contributed by atoms with Gasteiger partial charge in [0.15, 0.2) is 0 Å². The summed E-state index contributed by atoms with van der Waals surface area (Å²) >= 11 is 0. The number of carbonyl (C=O) groups excluding carboxylic acids is 1. The molecule has 0 aliphatic heterocycles. The molecule has 0 spiro atoms. The molecule has 4 N–H and O–H groups in total. The molecule has 140 valence electrons. The molecule has 0 heterocycles. The van der Waals surface area contributed by atoms with Crippen LogP contribution in [0.4, 0.5) is 4.79 Å². The van der Waals surface area contributed by atoms with E-state index in [1.165, 1.54) is 44.9 Å². The third-order valence-electron chi connectivity index (χ3n) is 4.28. The van der Waals surface area contributed by atoms with Crippen LogP contribution >= 0.6 is 0 Å². The van der Waals surface area contributed by atoms with Gasteiger partial charge in [-0.3, -0.25) is 0 Å². The number of phenolic OH excluding ortho intramolecular Hbond substituents is 1. The number of carbonyl (C=O) groups is 1. The van der Waals surface area contributed by atoms with Crippen molar-refractivity contribution in [2.45, 2.75) is 78.1 Å². The third kappa shape index (κ3) is 9.13. The van der Waals surface area contributed by atoms with E-state index in [0.29, 0.717) is 17.7 Å². The SMILES string of the molecule is CCCCCCCCCCC/C(=N\NC(N)=O)c1cc(C)ccc1O. The van der Waals surface area contributed by atoms with Crippen molar-refractivity contribution in [2.75, 3.05) is 0 Å². The lowest BCUT2D eigenvalue weighted by atomic mass is 10.00. The summed E-state index contributed by atoms with van der Waals surface area (Å²) in [6.07, 6.45) is 11.9. The Kier molecular flexibility index (Phi) is 10.4. The zero-order valence-corrected chi connectivity index (χ0v) is 15.7. The molecule has 1 aromatic carbocycles. The number of unbranched alkanes of at least 4 members (excludes halogenated alkanes) is 8. The first-order valence-corrected chi connectivity index (χ1v) is 9.46. The number of hydrazone groups is 1. The fourth-order valence-electron chi connectivity index (χ4n) is 2.86. The Hall–Kier alpha value is -2.04. The molecule has 0 aliphatic carbocycles. The van der Waals surface area contributed by atoms with E-state index in [9.17, 15) is 9.90 Å². The third-order valence-corrected chi connectivity index (χ3v) is 4.28.